The molecule has 0 saturated heterocycles. The van der Waals surface area contributed by atoms with E-state index < -0.39 is 5.97 Å². The summed E-state index contributed by atoms with van der Waals surface area (Å²) < 4.78 is 0. The third-order valence-electron chi connectivity index (χ3n) is 0.348. The van der Waals surface area contributed by atoms with Crippen molar-refractivity contribution in [3.8, 4) is 0 Å². The summed E-state index contributed by atoms with van der Waals surface area (Å²) in [7, 11) is 0. The van der Waals surface area contributed by atoms with Crippen LogP contribution in [0.15, 0.2) is 12.2 Å². The van der Waals surface area contributed by atoms with E-state index in [1.165, 1.54) is 6.92 Å². The molecule has 0 fully saturated rings. The number of rotatable bonds is 1. The summed E-state index contributed by atoms with van der Waals surface area (Å²) in [6.07, 6.45) is 0. The normalized spacial score (nSPS) is 6.43. The number of carbonyl (C=O) groups is 1. The first kappa shape index (κ1) is 10.2. The van der Waals surface area contributed by atoms with Crippen molar-refractivity contribution in [2.75, 3.05) is 0 Å². The fourth-order valence-electron chi connectivity index (χ4n) is 0. The topological polar surface area (TPSA) is 40.1 Å². The van der Waals surface area contributed by atoms with Crippen molar-refractivity contribution in [2.45, 2.75) is 6.92 Å². The molecule has 34 valence electrons. The zero-order valence-corrected chi connectivity index (χ0v) is 6.48. The maximum atomic E-state index is 9.49. The maximum Gasteiger partial charge on any atom is 4.00 e. The first-order valence-electron chi connectivity index (χ1n) is 1.51. The molecule has 0 rings (SSSR count). The first-order chi connectivity index (χ1) is 2.64. The van der Waals surface area contributed by atoms with E-state index in [2.05, 4.69) is 6.58 Å². The van der Waals surface area contributed by atoms with Crippen LogP contribution in [0.1, 0.15) is 6.92 Å². The molecule has 0 atom stereocenters. The van der Waals surface area contributed by atoms with Gasteiger partial charge < -0.3 is 9.90 Å². The van der Waals surface area contributed by atoms with Gasteiger partial charge in [0.1, 0.15) is 0 Å². The molecule has 0 heterocycles. The Labute approximate surface area is 61.3 Å². The first-order valence-corrected chi connectivity index (χ1v) is 1.51. The van der Waals surface area contributed by atoms with Gasteiger partial charge in [0.05, 0.1) is 5.97 Å². The van der Waals surface area contributed by atoms with Gasteiger partial charge in [0, 0.05) is 0 Å². The quantitative estimate of drug-likeness (QED) is 0.496. The van der Waals surface area contributed by atoms with Gasteiger partial charge >= 0.3 is 26.2 Å². The molecule has 0 saturated carbocycles. The Hall–Kier alpha value is 0.0931. The Kier molecular flexibility index (Phi) is 6.17. The molecule has 3 heteroatoms. The molecule has 0 amide bonds. The fraction of sp³-hybridized carbons (Fsp3) is 0.250. The van der Waals surface area contributed by atoms with Crippen LogP contribution in [0.3, 0.4) is 0 Å². The van der Waals surface area contributed by atoms with Crippen molar-refractivity contribution in [1.82, 2.24) is 0 Å². The van der Waals surface area contributed by atoms with Crippen molar-refractivity contribution in [2.24, 2.45) is 0 Å². The van der Waals surface area contributed by atoms with E-state index in [1.807, 2.05) is 0 Å². The Morgan fingerprint density at radius 2 is 1.86 bits per heavy atom. The van der Waals surface area contributed by atoms with E-state index >= 15 is 0 Å². The van der Waals surface area contributed by atoms with Gasteiger partial charge in [0.2, 0.25) is 0 Å². The molecule has 0 aromatic heterocycles. The van der Waals surface area contributed by atoms with Gasteiger partial charge in [0.25, 0.3) is 0 Å². The van der Waals surface area contributed by atoms with Crippen LogP contribution in [0.5, 0.6) is 0 Å². The molecule has 7 heavy (non-hydrogen) atoms. The number of hydrogen-bond acceptors (Lipinski definition) is 2. The summed E-state index contributed by atoms with van der Waals surface area (Å²) >= 11 is 0. The van der Waals surface area contributed by atoms with Crippen LogP contribution in [0.4, 0.5) is 0 Å². The molecule has 0 N–H and O–H groups in total. The molecule has 0 bridgehead atoms. The second kappa shape index (κ2) is 4.26. The molecular weight excluding hydrogens is 171 g/mol. The minimum atomic E-state index is -1.19. The van der Waals surface area contributed by atoms with Gasteiger partial charge in [-0.3, -0.25) is 0 Å². The summed E-state index contributed by atoms with van der Waals surface area (Å²) in [5.74, 6) is -1.19. The summed E-state index contributed by atoms with van der Waals surface area (Å²) in [5, 5.41) is 9.49. The molecule has 0 aliphatic carbocycles. The van der Waals surface area contributed by atoms with Crippen LogP contribution in [0, 0.1) is 0 Å². The van der Waals surface area contributed by atoms with Gasteiger partial charge in [-0.05, 0) is 12.5 Å². The summed E-state index contributed by atoms with van der Waals surface area (Å²) in [5.41, 5.74) is 0.0648. The van der Waals surface area contributed by atoms with Crippen LogP contribution in [-0.2, 0) is 31.0 Å². The maximum absolute atomic E-state index is 9.49. The molecule has 2 nitrogen and oxygen atoms in total. The van der Waals surface area contributed by atoms with Crippen molar-refractivity contribution >= 4 is 5.97 Å². The molecule has 0 aliphatic rings. The number of hydrogen-bond donors (Lipinski definition) is 0. The largest absolute Gasteiger partial charge is 4.00 e. The number of carboxylic acid groups (broad SMARTS) is 1. The molecule has 0 aromatic rings. The molecule has 0 unspecified atom stereocenters. The van der Waals surface area contributed by atoms with Gasteiger partial charge in [-0.15, -0.1) is 0 Å². The van der Waals surface area contributed by atoms with Crippen molar-refractivity contribution < 1.29 is 36.1 Å². The van der Waals surface area contributed by atoms with Gasteiger partial charge in [-0.1, -0.05) is 6.58 Å². The van der Waals surface area contributed by atoms with Crippen molar-refractivity contribution in [3.63, 3.8) is 0 Å². The minimum absolute atomic E-state index is 0. The van der Waals surface area contributed by atoms with Gasteiger partial charge in [0.15, 0.2) is 0 Å². The molecular formula is C4H5O2Zr+3. The van der Waals surface area contributed by atoms with E-state index in [1.54, 1.807) is 0 Å². The Bertz CT molecular complexity index is 75.7. The van der Waals surface area contributed by atoms with E-state index in [-0.39, 0.29) is 31.8 Å². The SMILES string of the molecule is C=C(C)C(=O)[O-].[Zr+4]. The fourth-order valence-corrected chi connectivity index (χ4v) is 0. The van der Waals surface area contributed by atoms with Crippen LogP contribution in [0.2, 0.25) is 0 Å². The molecule has 0 aromatic carbocycles. The number of carboxylic acids is 1. The van der Waals surface area contributed by atoms with E-state index in [4.69, 9.17) is 0 Å². The average Bonchev–Trinajstić information content (AvgIpc) is 1.36. The molecule has 0 aliphatic heterocycles. The standard InChI is InChI=1S/C4H6O2.Zr/c1-3(2)4(5)6;/h1H2,2H3,(H,5,6);/q;+4/p-1. The summed E-state index contributed by atoms with van der Waals surface area (Å²) in [6, 6.07) is 0. The van der Waals surface area contributed by atoms with E-state index in [9.17, 15) is 9.90 Å². The van der Waals surface area contributed by atoms with Gasteiger partial charge in [-0.25, -0.2) is 0 Å². The number of aliphatic carboxylic acids is 1. The second-order valence-corrected chi connectivity index (χ2v) is 1.07. The van der Waals surface area contributed by atoms with E-state index in [0.29, 0.717) is 0 Å². The predicted octanol–water partition coefficient (Wildman–Crippen LogP) is -0.690. The third kappa shape index (κ3) is 6.09. The van der Waals surface area contributed by atoms with Crippen LogP contribution in [-0.4, -0.2) is 5.97 Å². The summed E-state index contributed by atoms with van der Waals surface area (Å²) in [6.45, 7) is 4.48. The zero-order chi connectivity index (χ0) is 5.15. The Balaban J connectivity index is 0. The smallest absolute Gasteiger partial charge is 0.545 e. The van der Waals surface area contributed by atoms with Crippen LogP contribution < -0.4 is 5.11 Å². The Morgan fingerprint density at radius 1 is 1.71 bits per heavy atom. The molecule has 0 radical (unpaired) electrons. The predicted molar refractivity (Wildman–Crippen MR) is 19.8 cm³/mol. The average molecular weight is 176 g/mol. The second-order valence-electron chi connectivity index (χ2n) is 1.07. The minimum Gasteiger partial charge on any atom is -0.545 e. The van der Waals surface area contributed by atoms with Gasteiger partial charge in [-0.2, -0.15) is 0 Å². The van der Waals surface area contributed by atoms with Crippen molar-refractivity contribution in [3.05, 3.63) is 12.2 Å². The van der Waals surface area contributed by atoms with Crippen molar-refractivity contribution in [1.29, 1.82) is 0 Å². The Morgan fingerprint density at radius 3 is 1.86 bits per heavy atom. The monoisotopic (exact) mass is 175 g/mol. The summed E-state index contributed by atoms with van der Waals surface area (Å²) in [4.78, 5) is 9.49. The molecule has 0 spiro atoms. The van der Waals surface area contributed by atoms with Crippen LogP contribution >= 0.6 is 0 Å². The van der Waals surface area contributed by atoms with E-state index in [0.717, 1.165) is 0 Å². The van der Waals surface area contributed by atoms with Crippen LogP contribution in [0.25, 0.3) is 0 Å². The third-order valence-corrected chi connectivity index (χ3v) is 0.348. The zero-order valence-electron chi connectivity index (χ0n) is 4.02. The number of carbonyl (C=O) groups excluding carboxylic acids is 1.